The van der Waals surface area contributed by atoms with E-state index in [2.05, 4.69) is 20.8 Å². The van der Waals surface area contributed by atoms with Crippen LogP contribution in [-0.4, -0.2) is 49.8 Å². The smallest absolute Gasteiger partial charge is 0.243 e. The third-order valence-electron chi connectivity index (χ3n) is 4.51. The van der Waals surface area contributed by atoms with Gasteiger partial charge in [0.25, 0.3) is 0 Å². The van der Waals surface area contributed by atoms with Crippen molar-refractivity contribution in [3.8, 4) is 0 Å². The van der Waals surface area contributed by atoms with E-state index in [1.807, 2.05) is 6.07 Å². The number of rotatable bonds is 3. The SMILES string of the molecule is O=S(=O)(c1cccc(Br)c1)N1CCC(N2CCCC2)CC1. The molecule has 2 aliphatic heterocycles. The molecule has 0 atom stereocenters. The van der Waals surface area contributed by atoms with Crippen molar-refractivity contribution in [3.05, 3.63) is 28.7 Å². The molecule has 21 heavy (non-hydrogen) atoms. The lowest BCUT2D eigenvalue weighted by Crippen LogP contribution is -2.45. The van der Waals surface area contributed by atoms with E-state index in [4.69, 9.17) is 0 Å². The second-order valence-corrected chi connectivity index (χ2v) is 8.69. The van der Waals surface area contributed by atoms with Crippen LogP contribution in [0.2, 0.25) is 0 Å². The Morgan fingerprint density at radius 2 is 1.71 bits per heavy atom. The lowest BCUT2D eigenvalue weighted by Gasteiger charge is -2.36. The molecular formula is C15H21BrN2O2S. The Labute approximate surface area is 135 Å². The minimum atomic E-state index is -3.35. The fraction of sp³-hybridized carbons (Fsp3) is 0.600. The summed E-state index contributed by atoms with van der Waals surface area (Å²) < 4.78 is 27.8. The van der Waals surface area contributed by atoms with Gasteiger partial charge >= 0.3 is 0 Å². The monoisotopic (exact) mass is 372 g/mol. The van der Waals surface area contributed by atoms with E-state index in [1.54, 1.807) is 22.5 Å². The maximum absolute atomic E-state index is 12.7. The van der Waals surface area contributed by atoms with Crippen LogP contribution in [0.3, 0.4) is 0 Å². The molecule has 4 nitrogen and oxygen atoms in total. The second-order valence-electron chi connectivity index (χ2n) is 5.84. The molecule has 0 aliphatic carbocycles. The highest BCUT2D eigenvalue weighted by molar-refractivity contribution is 9.10. The van der Waals surface area contributed by atoms with E-state index in [-0.39, 0.29) is 0 Å². The maximum Gasteiger partial charge on any atom is 0.243 e. The van der Waals surface area contributed by atoms with E-state index < -0.39 is 10.0 Å². The van der Waals surface area contributed by atoms with E-state index >= 15 is 0 Å². The Morgan fingerprint density at radius 1 is 1.05 bits per heavy atom. The summed E-state index contributed by atoms with van der Waals surface area (Å²) in [6, 6.07) is 7.54. The van der Waals surface area contributed by atoms with Gasteiger partial charge < -0.3 is 4.90 Å². The van der Waals surface area contributed by atoms with Gasteiger partial charge in [0.05, 0.1) is 4.90 Å². The average Bonchev–Trinajstić information content (AvgIpc) is 3.02. The third kappa shape index (κ3) is 3.33. The number of hydrogen-bond donors (Lipinski definition) is 0. The van der Waals surface area contributed by atoms with Crippen molar-refractivity contribution in [1.82, 2.24) is 9.21 Å². The molecule has 3 rings (SSSR count). The van der Waals surface area contributed by atoms with Gasteiger partial charge in [-0.3, -0.25) is 0 Å². The first kappa shape index (κ1) is 15.5. The summed E-state index contributed by atoms with van der Waals surface area (Å²) in [5.41, 5.74) is 0. The normalized spacial score (nSPS) is 22.7. The molecule has 2 saturated heterocycles. The van der Waals surface area contributed by atoms with Crippen molar-refractivity contribution in [3.63, 3.8) is 0 Å². The molecular weight excluding hydrogens is 352 g/mol. The zero-order valence-electron chi connectivity index (χ0n) is 12.0. The number of halogens is 1. The van der Waals surface area contributed by atoms with Gasteiger partial charge in [0.15, 0.2) is 0 Å². The third-order valence-corrected chi connectivity index (χ3v) is 6.90. The highest BCUT2D eigenvalue weighted by atomic mass is 79.9. The van der Waals surface area contributed by atoms with Crippen molar-refractivity contribution in [2.75, 3.05) is 26.2 Å². The predicted molar refractivity (Wildman–Crippen MR) is 86.7 cm³/mol. The van der Waals surface area contributed by atoms with E-state index in [0.717, 1.165) is 17.3 Å². The second kappa shape index (κ2) is 6.36. The predicted octanol–water partition coefficient (Wildman–Crippen LogP) is 2.70. The van der Waals surface area contributed by atoms with Crippen LogP contribution in [0.1, 0.15) is 25.7 Å². The van der Waals surface area contributed by atoms with E-state index in [1.165, 1.54) is 25.9 Å². The fourth-order valence-corrected chi connectivity index (χ4v) is 5.40. The topological polar surface area (TPSA) is 40.6 Å². The molecule has 6 heteroatoms. The molecule has 0 saturated carbocycles. The number of benzene rings is 1. The van der Waals surface area contributed by atoms with Crippen molar-refractivity contribution in [2.45, 2.75) is 36.6 Å². The lowest BCUT2D eigenvalue weighted by molar-refractivity contribution is 0.168. The Bertz CT molecular complexity index is 591. The number of sulfonamides is 1. The molecule has 0 unspecified atom stereocenters. The summed E-state index contributed by atoms with van der Waals surface area (Å²) in [7, 11) is -3.35. The van der Waals surface area contributed by atoms with Gasteiger partial charge in [0.2, 0.25) is 10.0 Å². The molecule has 0 amide bonds. The van der Waals surface area contributed by atoms with Crippen LogP contribution >= 0.6 is 15.9 Å². The van der Waals surface area contributed by atoms with Crippen LogP contribution in [0.25, 0.3) is 0 Å². The molecule has 116 valence electrons. The number of hydrogen-bond acceptors (Lipinski definition) is 3. The zero-order valence-corrected chi connectivity index (χ0v) is 14.4. The van der Waals surface area contributed by atoms with E-state index in [0.29, 0.717) is 24.0 Å². The maximum atomic E-state index is 12.7. The van der Waals surface area contributed by atoms with Gasteiger partial charge in [-0.05, 0) is 57.0 Å². The Hall–Kier alpha value is -0.430. The summed E-state index contributed by atoms with van der Waals surface area (Å²) in [6.07, 6.45) is 4.48. The van der Waals surface area contributed by atoms with Crippen LogP contribution in [0.5, 0.6) is 0 Å². The quantitative estimate of drug-likeness (QED) is 0.818. The molecule has 0 radical (unpaired) electrons. The molecule has 0 aromatic heterocycles. The summed E-state index contributed by atoms with van der Waals surface area (Å²) in [5.74, 6) is 0. The lowest BCUT2D eigenvalue weighted by atomic mass is 10.1. The molecule has 0 spiro atoms. The molecule has 1 aromatic carbocycles. The summed E-state index contributed by atoms with van der Waals surface area (Å²) in [5, 5.41) is 0. The van der Waals surface area contributed by atoms with Gasteiger partial charge in [0, 0.05) is 23.6 Å². The number of piperidine rings is 1. The minimum Gasteiger partial charge on any atom is -0.300 e. The van der Waals surface area contributed by atoms with Crippen molar-refractivity contribution in [2.24, 2.45) is 0 Å². The molecule has 2 aliphatic rings. The zero-order chi connectivity index (χ0) is 14.9. The Balaban J connectivity index is 1.68. The van der Waals surface area contributed by atoms with Crippen LogP contribution < -0.4 is 0 Å². The first-order valence-corrected chi connectivity index (χ1v) is 9.80. The minimum absolute atomic E-state index is 0.386. The van der Waals surface area contributed by atoms with Gasteiger partial charge in [-0.1, -0.05) is 22.0 Å². The Kier molecular flexibility index (Phi) is 4.69. The van der Waals surface area contributed by atoms with Crippen LogP contribution in [0.4, 0.5) is 0 Å². The number of nitrogens with zero attached hydrogens (tertiary/aromatic N) is 2. The van der Waals surface area contributed by atoms with Crippen LogP contribution in [0.15, 0.2) is 33.6 Å². The first-order valence-electron chi connectivity index (χ1n) is 7.57. The standard InChI is InChI=1S/C15H21BrN2O2S/c16-13-4-3-5-15(12-13)21(19,20)18-10-6-14(7-11-18)17-8-1-2-9-17/h3-5,12,14H,1-2,6-11H2. The first-order chi connectivity index (χ1) is 10.1. The van der Waals surface area contributed by atoms with Gasteiger partial charge in [-0.25, -0.2) is 8.42 Å². The van der Waals surface area contributed by atoms with Crippen molar-refractivity contribution < 1.29 is 8.42 Å². The summed E-state index contributed by atoms with van der Waals surface area (Å²) >= 11 is 3.34. The van der Waals surface area contributed by atoms with Crippen molar-refractivity contribution >= 4 is 26.0 Å². The number of likely N-dealkylation sites (tertiary alicyclic amines) is 1. The average molecular weight is 373 g/mol. The fourth-order valence-electron chi connectivity index (χ4n) is 3.33. The summed E-state index contributed by atoms with van der Waals surface area (Å²) in [4.78, 5) is 2.92. The van der Waals surface area contributed by atoms with E-state index in [9.17, 15) is 8.42 Å². The molecule has 2 heterocycles. The molecule has 0 bridgehead atoms. The highest BCUT2D eigenvalue weighted by Crippen LogP contribution is 2.26. The Morgan fingerprint density at radius 3 is 2.33 bits per heavy atom. The highest BCUT2D eigenvalue weighted by Gasteiger charge is 2.32. The van der Waals surface area contributed by atoms with Gasteiger partial charge in [0.1, 0.15) is 0 Å². The van der Waals surface area contributed by atoms with Crippen LogP contribution in [0, 0.1) is 0 Å². The largest absolute Gasteiger partial charge is 0.300 e. The van der Waals surface area contributed by atoms with Gasteiger partial charge in [-0.15, -0.1) is 0 Å². The molecule has 0 N–H and O–H groups in total. The van der Waals surface area contributed by atoms with Crippen LogP contribution in [-0.2, 0) is 10.0 Å². The molecule has 2 fully saturated rings. The van der Waals surface area contributed by atoms with Crippen molar-refractivity contribution in [1.29, 1.82) is 0 Å². The molecule has 1 aromatic rings. The van der Waals surface area contributed by atoms with Gasteiger partial charge in [-0.2, -0.15) is 4.31 Å². The summed E-state index contributed by atoms with van der Waals surface area (Å²) in [6.45, 7) is 3.64.